The lowest BCUT2D eigenvalue weighted by Gasteiger charge is -2.18. The van der Waals surface area contributed by atoms with Crippen LogP contribution in [0.5, 0.6) is 5.75 Å². The average Bonchev–Trinajstić information content (AvgIpc) is 2.71. The number of ether oxygens (including phenoxy) is 2. The molecule has 152 valence electrons. The number of rotatable bonds is 9. The van der Waals surface area contributed by atoms with Gasteiger partial charge >= 0.3 is 0 Å². The molecule has 0 atom stereocenters. The van der Waals surface area contributed by atoms with Crippen molar-refractivity contribution >= 4 is 56.3 Å². The van der Waals surface area contributed by atoms with E-state index in [4.69, 9.17) is 26.8 Å². The number of aromatic nitrogens is 1. The fraction of sp³-hybridized carbons (Fsp3) is 0.238. The molecule has 0 aliphatic rings. The van der Waals surface area contributed by atoms with Gasteiger partial charge in [0.2, 0.25) is 0 Å². The number of anilines is 2. The Morgan fingerprint density at radius 1 is 1.34 bits per heavy atom. The summed E-state index contributed by atoms with van der Waals surface area (Å²) in [6.07, 6.45) is 2.28. The number of fused-ring (bicyclic) bond motifs is 1. The molecule has 3 aromatic rings. The number of pyridine rings is 1. The van der Waals surface area contributed by atoms with Crippen LogP contribution in [-0.4, -0.2) is 24.7 Å². The van der Waals surface area contributed by atoms with E-state index in [1.165, 1.54) is 0 Å². The molecule has 0 saturated heterocycles. The van der Waals surface area contributed by atoms with Gasteiger partial charge in [-0.25, -0.2) is 0 Å². The van der Waals surface area contributed by atoms with Crippen LogP contribution in [0.3, 0.4) is 0 Å². The van der Waals surface area contributed by atoms with Gasteiger partial charge in [0, 0.05) is 46.9 Å². The summed E-state index contributed by atoms with van der Waals surface area (Å²) in [5.41, 5.74) is 10.1. The molecule has 0 saturated carbocycles. The Morgan fingerprint density at radius 2 is 2.17 bits per heavy atom. The van der Waals surface area contributed by atoms with Gasteiger partial charge in [-0.3, -0.25) is 9.78 Å². The highest BCUT2D eigenvalue weighted by Gasteiger charge is 2.15. The third-order valence-electron chi connectivity index (χ3n) is 4.44. The molecular formula is C21H21BrClN3O3. The van der Waals surface area contributed by atoms with E-state index < -0.39 is 0 Å². The van der Waals surface area contributed by atoms with Crippen LogP contribution in [0.4, 0.5) is 11.4 Å². The van der Waals surface area contributed by atoms with Crippen molar-refractivity contribution in [2.75, 3.05) is 18.5 Å². The van der Waals surface area contributed by atoms with Crippen molar-refractivity contribution in [3.8, 4) is 5.75 Å². The predicted octanol–water partition coefficient (Wildman–Crippen LogP) is 4.97. The Bertz CT molecular complexity index is 1030. The first-order valence-corrected chi connectivity index (χ1v) is 10.3. The van der Waals surface area contributed by atoms with Crippen LogP contribution in [0.15, 0.2) is 41.0 Å². The largest absolute Gasteiger partial charge is 0.493 e. The zero-order valence-electron chi connectivity index (χ0n) is 15.9. The first-order valence-electron chi connectivity index (χ1n) is 9.12. The number of benzene rings is 2. The SMILES string of the molecule is CCOc1cc2ncc(CCOC=O)c(Nc3cccc(Cl)c3CN)c2cc1Br. The highest BCUT2D eigenvalue weighted by molar-refractivity contribution is 9.10. The van der Waals surface area contributed by atoms with Crippen LogP contribution in [0, 0.1) is 0 Å². The summed E-state index contributed by atoms with van der Waals surface area (Å²) in [7, 11) is 0. The third-order valence-corrected chi connectivity index (χ3v) is 5.41. The summed E-state index contributed by atoms with van der Waals surface area (Å²) < 4.78 is 11.4. The molecular weight excluding hydrogens is 458 g/mol. The Labute approximate surface area is 182 Å². The van der Waals surface area contributed by atoms with E-state index in [-0.39, 0.29) is 6.61 Å². The van der Waals surface area contributed by atoms with E-state index in [1.807, 2.05) is 37.3 Å². The van der Waals surface area contributed by atoms with E-state index in [1.54, 1.807) is 6.20 Å². The minimum atomic E-state index is 0.253. The second kappa shape index (κ2) is 9.91. The van der Waals surface area contributed by atoms with Crippen LogP contribution in [0.1, 0.15) is 18.1 Å². The normalized spacial score (nSPS) is 10.8. The molecule has 0 amide bonds. The predicted molar refractivity (Wildman–Crippen MR) is 119 cm³/mol. The highest BCUT2D eigenvalue weighted by Crippen LogP contribution is 2.37. The van der Waals surface area contributed by atoms with Gasteiger partial charge in [0.25, 0.3) is 6.47 Å². The molecule has 0 radical (unpaired) electrons. The lowest BCUT2D eigenvalue weighted by atomic mass is 10.1. The zero-order chi connectivity index (χ0) is 20.8. The molecule has 29 heavy (non-hydrogen) atoms. The maximum absolute atomic E-state index is 10.5. The fourth-order valence-corrected chi connectivity index (χ4v) is 3.78. The monoisotopic (exact) mass is 477 g/mol. The summed E-state index contributed by atoms with van der Waals surface area (Å²) in [4.78, 5) is 15.1. The number of nitrogens with two attached hydrogens (primary N) is 1. The van der Waals surface area contributed by atoms with E-state index in [9.17, 15) is 4.79 Å². The molecule has 0 unspecified atom stereocenters. The van der Waals surface area contributed by atoms with Crippen LogP contribution in [0.2, 0.25) is 5.02 Å². The summed E-state index contributed by atoms with van der Waals surface area (Å²) >= 11 is 9.90. The van der Waals surface area contributed by atoms with Crippen LogP contribution in [0.25, 0.3) is 10.9 Å². The number of halogens is 2. The maximum Gasteiger partial charge on any atom is 0.293 e. The second-order valence-electron chi connectivity index (χ2n) is 6.20. The van der Waals surface area contributed by atoms with Gasteiger partial charge in [-0.15, -0.1) is 0 Å². The van der Waals surface area contributed by atoms with Gasteiger partial charge in [0.15, 0.2) is 0 Å². The molecule has 0 fully saturated rings. The first kappa shape index (κ1) is 21.4. The van der Waals surface area contributed by atoms with Crippen molar-refractivity contribution < 1.29 is 14.3 Å². The number of hydrogen-bond donors (Lipinski definition) is 2. The molecule has 6 nitrogen and oxygen atoms in total. The zero-order valence-corrected chi connectivity index (χ0v) is 18.2. The fourth-order valence-electron chi connectivity index (χ4n) is 3.07. The van der Waals surface area contributed by atoms with Crippen molar-refractivity contribution in [1.82, 2.24) is 4.98 Å². The van der Waals surface area contributed by atoms with E-state index >= 15 is 0 Å². The van der Waals surface area contributed by atoms with Crippen LogP contribution < -0.4 is 15.8 Å². The van der Waals surface area contributed by atoms with Gasteiger partial charge in [-0.05, 0) is 46.6 Å². The minimum absolute atomic E-state index is 0.253. The second-order valence-corrected chi connectivity index (χ2v) is 7.46. The maximum atomic E-state index is 10.5. The molecule has 1 aromatic heterocycles. The quantitative estimate of drug-likeness (QED) is 0.334. The smallest absolute Gasteiger partial charge is 0.293 e. The summed E-state index contributed by atoms with van der Waals surface area (Å²) in [5, 5.41) is 4.97. The number of carbonyl (C=O) groups excluding carboxylic acids is 1. The van der Waals surface area contributed by atoms with Crippen molar-refractivity contribution in [2.24, 2.45) is 5.73 Å². The molecule has 0 aliphatic heterocycles. The van der Waals surface area contributed by atoms with Crippen LogP contribution >= 0.6 is 27.5 Å². The topological polar surface area (TPSA) is 86.5 Å². The van der Waals surface area contributed by atoms with E-state index in [0.29, 0.717) is 31.1 Å². The lowest BCUT2D eigenvalue weighted by molar-refractivity contribution is -0.128. The summed E-state index contributed by atoms with van der Waals surface area (Å²) in [6, 6.07) is 9.46. The Balaban J connectivity index is 2.14. The van der Waals surface area contributed by atoms with Crippen molar-refractivity contribution in [2.45, 2.75) is 19.9 Å². The van der Waals surface area contributed by atoms with Gasteiger partial charge in [-0.1, -0.05) is 17.7 Å². The van der Waals surface area contributed by atoms with E-state index in [2.05, 4.69) is 26.2 Å². The molecule has 2 aromatic carbocycles. The third kappa shape index (κ3) is 4.80. The van der Waals surface area contributed by atoms with Gasteiger partial charge in [-0.2, -0.15) is 0 Å². The number of carbonyl (C=O) groups is 1. The minimum Gasteiger partial charge on any atom is -0.493 e. The summed E-state index contributed by atoms with van der Waals surface area (Å²) in [6.45, 7) is 3.48. The van der Waals surface area contributed by atoms with Gasteiger partial charge in [0.1, 0.15) is 5.75 Å². The molecule has 0 aliphatic carbocycles. The average molecular weight is 479 g/mol. The number of nitrogens with one attached hydrogen (secondary N) is 1. The van der Waals surface area contributed by atoms with Gasteiger partial charge < -0.3 is 20.5 Å². The number of nitrogens with zero attached hydrogens (tertiary/aromatic N) is 1. The first-order chi connectivity index (χ1) is 14.1. The van der Waals surface area contributed by atoms with Crippen molar-refractivity contribution in [1.29, 1.82) is 0 Å². The molecule has 0 spiro atoms. The van der Waals surface area contributed by atoms with Crippen molar-refractivity contribution in [3.63, 3.8) is 0 Å². The molecule has 3 N–H and O–H groups in total. The molecule has 8 heteroatoms. The van der Waals surface area contributed by atoms with Crippen molar-refractivity contribution in [3.05, 3.63) is 57.2 Å². The van der Waals surface area contributed by atoms with E-state index in [0.717, 1.165) is 43.6 Å². The Kier molecular flexibility index (Phi) is 7.30. The Hall–Kier alpha value is -2.35. The van der Waals surface area contributed by atoms with Crippen LogP contribution in [-0.2, 0) is 22.5 Å². The molecule has 3 rings (SSSR count). The standard InChI is InChI=1S/C21H21BrClN3O3/c1-2-29-20-9-19-14(8-16(20)22)21(13(11-25-19)6-7-28-12-27)26-18-5-3-4-17(23)15(18)10-24/h3-5,8-9,11-12H,2,6-7,10,24H2,1H3,(H,25,26). The molecule has 0 bridgehead atoms. The number of hydrogen-bond acceptors (Lipinski definition) is 6. The summed E-state index contributed by atoms with van der Waals surface area (Å²) in [5.74, 6) is 0.723. The van der Waals surface area contributed by atoms with Gasteiger partial charge in [0.05, 0.1) is 28.9 Å². The molecule has 1 heterocycles. The highest BCUT2D eigenvalue weighted by atomic mass is 79.9. The Morgan fingerprint density at radius 3 is 2.90 bits per heavy atom. The lowest BCUT2D eigenvalue weighted by Crippen LogP contribution is -2.07.